The minimum absolute atomic E-state index is 0.0858. The maximum Gasteiger partial charge on any atom is 0.407 e. The molecule has 2 unspecified atom stereocenters. The highest BCUT2D eigenvalue weighted by Gasteiger charge is 2.33. The van der Waals surface area contributed by atoms with Crippen LogP contribution in [0, 0.1) is 0 Å². The van der Waals surface area contributed by atoms with E-state index >= 15 is 0 Å². The van der Waals surface area contributed by atoms with Crippen molar-refractivity contribution in [3.63, 3.8) is 0 Å². The molecular weight excluding hydrogens is 470 g/mol. The fraction of sp³-hybridized carbons (Fsp3) is 0.280. The number of carbonyl (C=O) groups is 3. The Bertz CT molecular complexity index is 1180. The third kappa shape index (κ3) is 5.50. The highest BCUT2D eigenvalue weighted by Crippen LogP contribution is 2.44. The average molecular weight is 496 g/mol. The van der Waals surface area contributed by atoms with Crippen molar-refractivity contribution in [2.45, 2.75) is 30.9 Å². The normalized spacial score (nSPS) is 14.8. The van der Waals surface area contributed by atoms with Gasteiger partial charge in [0, 0.05) is 23.4 Å². The molecule has 1 heterocycles. The van der Waals surface area contributed by atoms with Crippen molar-refractivity contribution in [2.75, 3.05) is 13.2 Å². The first-order valence-electron chi connectivity index (χ1n) is 11.0. The number of aliphatic carboxylic acids is 1. The summed E-state index contributed by atoms with van der Waals surface area (Å²) in [6.45, 7) is 0.641. The lowest BCUT2D eigenvalue weighted by molar-refractivity contribution is -0.156. The average Bonchev–Trinajstić information content (AvgIpc) is 3.47. The molecular formula is C25H25N3O6S. The molecule has 1 aliphatic carbocycles. The molecule has 1 aliphatic rings. The van der Waals surface area contributed by atoms with Crippen molar-refractivity contribution in [3.05, 3.63) is 76.2 Å². The molecule has 9 nitrogen and oxygen atoms in total. The summed E-state index contributed by atoms with van der Waals surface area (Å²) in [5, 5.41) is 23.9. The number of fused-ring (bicyclic) bond motifs is 3. The number of hydrogen-bond acceptors (Lipinski definition) is 7. The predicted octanol–water partition coefficient (Wildman–Crippen LogP) is 2.54. The zero-order chi connectivity index (χ0) is 25.0. The van der Waals surface area contributed by atoms with Crippen LogP contribution in [-0.4, -0.2) is 58.0 Å². The number of amides is 2. The molecule has 10 heteroatoms. The van der Waals surface area contributed by atoms with Crippen LogP contribution in [-0.2, 0) is 20.7 Å². The smallest absolute Gasteiger partial charge is 0.407 e. The third-order valence-electron chi connectivity index (χ3n) is 5.91. The van der Waals surface area contributed by atoms with Gasteiger partial charge in [-0.05, 0) is 29.2 Å². The lowest BCUT2D eigenvalue weighted by Gasteiger charge is -2.22. The Balaban J connectivity index is 1.43. The Morgan fingerprint density at radius 2 is 1.74 bits per heavy atom. The van der Waals surface area contributed by atoms with Gasteiger partial charge < -0.3 is 25.6 Å². The number of rotatable bonds is 9. The third-order valence-corrected chi connectivity index (χ3v) is 6.71. The lowest BCUT2D eigenvalue weighted by Crippen LogP contribution is -2.53. The summed E-state index contributed by atoms with van der Waals surface area (Å²) in [5.74, 6) is -2.25. The number of ether oxygens (including phenoxy) is 1. The Morgan fingerprint density at radius 1 is 1.11 bits per heavy atom. The number of thiazole rings is 1. The number of hydrogen-bond donors (Lipinski definition) is 4. The van der Waals surface area contributed by atoms with Crippen molar-refractivity contribution in [3.8, 4) is 11.1 Å². The molecule has 4 N–H and O–H groups in total. The Hall–Kier alpha value is -3.76. The second kappa shape index (κ2) is 10.2. The van der Waals surface area contributed by atoms with E-state index in [4.69, 9.17) is 9.84 Å². The van der Waals surface area contributed by atoms with Gasteiger partial charge in [-0.15, -0.1) is 11.3 Å². The number of nitrogens with zero attached hydrogens (tertiary/aromatic N) is 1. The van der Waals surface area contributed by atoms with E-state index in [1.54, 1.807) is 11.7 Å². The summed E-state index contributed by atoms with van der Waals surface area (Å²) in [4.78, 5) is 41.3. The molecule has 0 spiro atoms. The maximum atomic E-state index is 12.8. The van der Waals surface area contributed by atoms with Crippen molar-refractivity contribution in [2.24, 2.45) is 0 Å². The van der Waals surface area contributed by atoms with E-state index in [1.807, 2.05) is 48.5 Å². The van der Waals surface area contributed by atoms with E-state index in [0.29, 0.717) is 0 Å². The minimum atomic E-state index is -2.14. The number of nitrogens with one attached hydrogen (secondary N) is 2. The second-order valence-electron chi connectivity index (χ2n) is 8.49. The van der Waals surface area contributed by atoms with Crippen LogP contribution in [0.1, 0.15) is 28.8 Å². The van der Waals surface area contributed by atoms with E-state index in [9.17, 15) is 19.5 Å². The SMILES string of the molecule is CC(O)(CNC(=O)C(Cc1cncs1)NC(=O)OCC1c2ccccc2-c2ccccc21)C(=O)O. The number of aliphatic hydroxyl groups is 1. The van der Waals surface area contributed by atoms with Crippen LogP contribution in [0.15, 0.2) is 60.2 Å². The van der Waals surface area contributed by atoms with Crippen molar-refractivity contribution in [1.82, 2.24) is 15.6 Å². The molecule has 2 atom stereocenters. The van der Waals surface area contributed by atoms with Crippen LogP contribution in [0.25, 0.3) is 11.1 Å². The van der Waals surface area contributed by atoms with Crippen LogP contribution < -0.4 is 10.6 Å². The van der Waals surface area contributed by atoms with Gasteiger partial charge in [-0.25, -0.2) is 9.59 Å². The molecule has 0 saturated heterocycles. The number of carbonyl (C=O) groups excluding carboxylic acids is 2. The fourth-order valence-corrected chi connectivity index (χ4v) is 4.64. The molecule has 0 bridgehead atoms. The van der Waals surface area contributed by atoms with Crippen LogP contribution in [0.4, 0.5) is 4.79 Å². The topological polar surface area (TPSA) is 138 Å². The number of carboxylic acid groups (broad SMARTS) is 1. The second-order valence-corrected chi connectivity index (χ2v) is 9.46. The van der Waals surface area contributed by atoms with Crippen LogP contribution >= 0.6 is 11.3 Å². The summed E-state index contributed by atoms with van der Waals surface area (Å²) >= 11 is 1.32. The fourth-order valence-electron chi connectivity index (χ4n) is 3.99. The standard InChI is InChI=1S/C25H25N3O6S/c1-25(33,23(30)31)13-27-22(29)21(10-15-11-26-14-35-15)28-24(32)34-12-20-18-8-4-2-6-16(18)17-7-3-5-9-19(17)20/h2-9,11,14,20-21,33H,10,12-13H2,1H3,(H,27,29)(H,28,32)(H,30,31). The quantitative estimate of drug-likeness (QED) is 0.358. The van der Waals surface area contributed by atoms with Gasteiger partial charge in [0.2, 0.25) is 5.91 Å². The Morgan fingerprint density at radius 3 is 2.31 bits per heavy atom. The number of alkyl carbamates (subject to hydrolysis) is 1. The van der Waals surface area contributed by atoms with E-state index < -0.39 is 36.2 Å². The summed E-state index contributed by atoms with van der Waals surface area (Å²) in [5.41, 5.74) is 3.80. The predicted molar refractivity (Wildman–Crippen MR) is 129 cm³/mol. The molecule has 2 aromatic carbocycles. The van der Waals surface area contributed by atoms with Gasteiger partial charge in [-0.2, -0.15) is 0 Å². The molecule has 4 rings (SSSR count). The molecule has 0 radical (unpaired) electrons. The van der Waals surface area contributed by atoms with Crippen LogP contribution in [0.3, 0.4) is 0 Å². The first-order valence-corrected chi connectivity index (χ1v) is 11.9. The van der Waals surface area contributed by atoms with Gasteiger partial charge in [0.25, 0.3) is 0 Å². The molecule has 1 aromatic heterocycles. The molecule has 0 aliphatic heterocycles. The van der Waals surface area contributed by atoms with Crippen LogP contribution in [0.2, 0.25) is 0 Å². The highest BCUT2D eigenvalue weighted by atomic mass is 32.1. The zero-order valence-electron chi connectivity index (χ0n) is 18.9. The maximum absolute atomic E-state index is 12.8. The molecule has 182 valence electrons. The van der Waals surface area contributed by atoms with E-state index in [1.165, 1.54) is 11.3 Å². The Kier molecular flexibility index (Phi) is 7.13. The Labute approximate surface area is 205 Å². The van der Waals surface area contributed by atoms with Gasteiger partial charge in [-0.3, -0.25) is 9.78 Å². The van der Waals surface area contributed by atoms with E-state index in [0.717, 1.165) is 34.1 Å². The summed E-state index contributed by atoms with van der Waals surface area (Å²) in [7, 11) is 0. The number of aromatic nitrogens is 1. The largest absolute Gasteiger partial charge is 0.479 e. The summed E-state index contributed by atoms with van der Waals surface area (Å²) in [6, 6.07) is 14.9. The molecule has 0 fully saturated rings. The molecule has 3 aromatic rings. The van der Waals surface area contributed by atoms with Gasteiger partial charge in [0.05, 0.1) is 12.1 Å². The zero-order valence-corrected chi connectivity index (χ0v) is 19.7. The van der Waals surface area contributed by atoms with Gasteiger partial charge in [0.15, 0.2) is 5.60 Å². The monoisotopic (exact) mass is 495 g/mol. The van der Waals surface area contributed by atoms with Crippen molar-refractivity contribution in [1.29, 1.82) is 0 Å². The first-order chi connectivity index (χ1) is 16.8. The number of carboxylic acids is 1. The van der Waals surface area contributed by atoms with Crippen molar-refractivity contribution < 1.29 is 29.3 Å². The van der Waals surface area contributed by atoms with Crippen molar-refractivity contribution >= 4 is 29.3 Å². The van der Waals surface area contributed by atoms with E-state index in [-0.39, 0.29) is 18.9 Å². The lowest BCUT2D eigenvalue weighted by atomic mass is 9.98. The highest BCUT2D eigenvalue weighted by molar-refractivity contribution is 7.09. The molecule has 0 saturated carbocycles. The summed E-state index contributed by atoms with van der Waals surface area (Å²) < 4.78 is 5.54. The summed E-state index contributed by atoms with van der Waals surface area (Å²) in [6.07, 6.45) is 0.940. The van der Waals surface area contributed by atoms with Crippen LogP contribution in [0.5, 0.6) is 0 Å². The van der Waals surface area contributed by atoms with Gasteiger partial charge in [0.1, 0.15) is 12.6 Å². The number of benzene rings is 2. The molecule has 35 heavy (non-hydrogen) atoms. The minimum Gasteiger partial charge on any atom is -0.479 e. The van der Waals surface area contributed by atoms with Gasteiger partial charge in [-0.1, -0.05) is 48.5 Å². The van der Waals surface area contributed by atoms with Gasteiger partial charge >= 0.3 is 12.1 Å². The first kappa shape index (κ1) is 24.4. The molecule has 2 amide bonds. The van der Waals surface area contributed by atoms with E-state index in [2.05, 4.69) is 15.6 Å².